The van der Waals surface area contributed by atoms with Crippen LogP contribution in [-0.4, -0.2) is 52.3 Å². The number of alkyl halides is 3. The van der Waals surface area contributed by atoms with Gasteiger partial charge in [0.1, 0.15) is 0 Å². The van der Waals surface area contributed by atoms with Crippen molar-refractivity contribution in [2.24, 2.45) is 0 Å². The van der Waals surface area contributed by atoms with Crippen molar-refractivity contribution in [1.29, 1.82) is 0 Å². The number of fused-ring (bicyclic) bond motifs is 3. The molecular formula is C24H26F3N3O2. The highest BCUT2D eigenvalue weighted by atomic mass is 19.4. The number of nitrogens with zero attached hydrogens (tertiary/aromatic N) is 1. The molecule has 0 amide bonds. The first kappa shape index (κ1) is 22.2. The van der Waals surface area contributed by atoms with E-state index in [0.29, 0.717) is 6.04 Å². The highest BCUT2D eigenvalue weighted by molar-refractivity contribution is 5.95. The van der Waals surface area contributed by atoms with Crippen molar-refractivity contribution in [2.75, 3.05) is 12.4 Å². The van der Waals surface area contributed by atoms with Gasteiger partial charge in [-0.15, -0.1) is 0 Å². The first-order valence-electron chi connectivity index (χ1n) is 10.7. The summed E-state index contributed by atoms with van der Waals surface area (Å²) in [7, 11) is 2.30. The summed E-state index contributed by atoms with van der Waals surface area (Å²) in [5.41, 5.74) is 5.03. The lowest BCUT2D eigenvalue weighted by atomic mass is 9.97. The fourth-order valence-electron chi connectivity index (χ4n) is 4.88. The number of H-pyrrole nitrogens is 1. The van der Waals surface area contributed by atoms with Gasteiger partial charge >= 0.3 is 12.1 Å². The van der Waals surface area contributed by atoms with Crippen LogP contribution in [0.3, 0.4) is 0 Å². The maximum absolute atomic E-state index is 10.6. The van der Waals surface area contributed by atoms with E-state index in [1.165, 1.54) is 53.4 Å². The molecule has 32 heavy (non-hydrogen) atoms. The van der Waals surface area contributed by atoms with Gasteiger partial charge in [-0.3, -0.25) is 0 Å². The molecule has 2 bridgehead atoms. The van der Waals surface area contributed by atoms with Crippen molar-refractivity contribution in [3.05, 3.63) is 54.7 Å². The van der Waals surface area contributed by atoms with Gasteiger partial charge in [0.25, 0.3) is 0 Å². The normalized spacial score (nSPS) is 22.9. The van der Waals surface area contributed by atoms with Crippen LogP contribution in [0.5, 0.6) is 0 Å². The molecule has 0 saturated carbocycles. The fourth-order valence-corrected chi connectivity index (χ4v) is 4.88. The number of carbonyl (C=O) groups is 1. The molecule has 0 aliphatic carbocycles. The molecule has 2 unspecified atom stereocenters. The minimum Gasteiger partial charge on any atom is -0.475 e. The summed E-state index contributed by atoms with van der Waals surface area (Å²) in [5.74, 6) is -2.76. The van der Waals surface area contributed by atoms with E-state index in [2.05, 4.69) is 70.8 Å². The average molecular weight is 445 g/mol. The molecule has 3 heterocycles. The maximum atomic E-state index is 10.6. The van der Waals surface area contributed by atoms with Crippen molar-refractivity contribution >= 4 is 22.6 Å². The van der Waals surface area contributed by atoms with Crippen LogP contribution in [0.15, 0.2) is 54.7 Å². The monoisotopic (exact) mass is 445 g/mol. The molecule has 0 spiro atoms. The molecule has 5 nitrogen and oxygen atoms in total. The Kier molecular flexibility index (Phi) is 6.15. The van der Waals surface area contributed by atoms with Crippen LogP contribution in [-0.2, 0) is 4.79 Å². The summed E-state index contributed by atoms with van der Waals surface area (Å²) in [6.07, 6.45) is 2.21. The number of piperidine rings is 1. The largest absolute Gasteiger partial charge is 0.490 e. The average Bonchev–Trinajstić information content (AvgIpc) is 3.29. The van der Waals surface area contributed by atoms with Gasteiger partial charge in [-0.25, -0.2) is 4.79 Å². The van der Waals surface area contributed by atoms with E-state index in [9.17, 15) is 13.2 Å². The van der Waals surface area contributed by atoms with E-state index in [-0.39, 0.29) is 0 Å². The third-order valence-corrected chi connectivity index (χ3v) is 6.48. The van der Waals surface area contributed by atoms with Crippen molar-refractivity contribution < 1.29 is 23.1 Å². The summed E-state index contributed by atoms with van der Waals surface area (Å²) < 4.78 is 31.7. The number of benzene rings is 2. The number of aromatic amines is 1. The van der Waals surface area contributed by atoms with E-state index >= 15 is 0 Å². The van der Waals surface area contributed by atoms with E-state index in [0.717, 1.165) is 12.1 Å². The first-order valence-corrected chi connectivity index (χ1v) is 10.7. The summed E-state index contributed by atoms with van der Waals surface area (Å²) in [4.78, 5) is 14.8. The molecule has 2 fully saturated rings. The van der Waals surface area contributed by atoms with Crippen molar-refractivity contribution in [2.45, 2.75) is 50.0 Å². The van der Waals surface area contributed by atoms with Crippen LogP contribution in [0.25, 0.3) is 22.0 Å². The number of nitrogens with one attached hydrogen (secondary N) is 2. The quantitative estimate of drug-likeness (QED) is 0.498. The molecule has 2 saturated heterocycles. The number of aliphatic carboxylic acids is 1. The number of rotatable bonds is 3. The van der Waals surface area contributed by atoms with Gasteiger partial charge in [0.15, 0.2) is 0 Å². The zero-order valence-corrected chi connectivity index (χ0v) is 17.7. The number of aromatic nitrogens is 1. The molecule has 2 atom stereocenters. The zero-order valence-electron chi connectivity index (χ0n) is 17.7. The standard InChI is InChI=1S/C22H25N3.C2HF3O2/c1-25-18-8-9-19(25)14-17(13-18)24-16-5-2-4-15(12-16)20-6-3-7-22-21(20)10-11-23-22;3-2(4,5)1(6)7/h2-7,10-12,17-19,23-24H,8-9,13-14H2,1H3;(H,6,7). The number of carboxylic acids is 1. The molecule has 2 aliphatic rings. The second-order valence-corrected chi connectivity index (χ2v) is 8.49. The van der Waals surface area contributed by atoms with Crippen LogP contribution in [0, 0.1) is 0 Å². The third-order valence-electron chi connectivity index (χ3n) is 6.48. The van der Waals surface area contributed by atoms with E-state index < -0.39 is 12.1 Å². The van der Waals surface area contributed by atoms with Crippen LogP contribution in [0.4, 0.5) is 18.9 Å². The topological polar surface area (TPSA) is 68.4 Å². The van der Waals surface area contributed by atoms with E-state index in [1.807, 2.05) is 6.20 Å². The minimum absolute atomic E-state index is 0.604. The van der Waals surface area contributed by atoms with Crippen molar-refractivity contribution in [1.82, 2.24) is 9.88 Å². The van der Waals surface area contributed by atoms with Gasteiger partial charge < -0.3 is 20.3 Å². The Hall–Kier alpha value is -3.00. The Morgan fingerprint density at radius 3 is 2.41 bits per heavy atom. The number of anilines is 1. The highest BCUT2D eigenvalue weighted by Gasteiger charge is 2.39. The van der Waals surface area contributed by atoms with Gasteiger partial charge in [0.2, 0.25) is 0 Å². The Balaban J connectivity index is 0.000000307. The van der Waals surface area contributed by atoms with E-state index in [1.54, 1.807) is 0 Å². The molecular weight excluding hydrogens is 419 g/mol. The summed E-state index contributed by atoms with van der Waals surface area (Å²) >= 11 is 0. The van der Waals surface area contributed by atoms with Gasteiger partial charge in [0.05, 0.1) is 0 Å². The molecule has 2 aromatic carbocycles. The molecule has 1 aromatic heterocycles. The van der Waals surface area contributed by atoms with Crippen LogP contribution >= 0.6 is 0 Å². The molecule has 2 aliphatic heterocycles. The second-order valence-electron chi connectivity index (χ2n) is 8.49. The summed E-state index contributed by atoms with van der Waals surface area (Å²) in [6.45, 7) is 0. The van der Waals surface area contributed by atoms with Gasteiger partial charge in [-0.05, 0) is 68.1 Å². The summed E-state index contributed by atoms with van der Waals surface area (Å²) in [5, 5.41) is 12.2. The molecule has 170 valence electrons. The number of halogens is 3. The Morgan fingerprint density at radius 1 is 1.09 bits per heavy atom. The highest BCUT2D eigenvalue weighted by Crippen LogP contribution is 2.36. The predicted molar refractivity (Wildman–Crippen MR) is 119 cm³/mol. The lowest BCUT2D eigenvalue weighted by Gasteiger charge is -2.37. The van der Waals surface area contributed by atoms with Gasteiger partial charge in [-0.2, -0.15) is 13.2 Å². The van der Waals surface area contributed by atoms with Crippen LogP contribution < -0.4 is 5.32 Å². The summed E-state index contributed by atoms with van der Waals surface area (Å²) in [6, 6.07) is 19.7. The molecule has 3 N–H and O–H groups in total. The van der Waals surface area contributed by atoms with Gasteiger partial charge in [0, 0.05) is 40.9 Å². The Morgan fingerprint density at radius 2 is 1.75 bits per heavy atom. The van der Waals surface area contributed by atoms with Crippen LogP contribution in [0.1, 0.15) is 25.7 Å². The predicted octanol–water partition coefficient (Wildman–Crippen LogP) is 5.51. The number of carboxylic acid groups (broad SMARTS) is 1. The first-order chi connectivity index (χ1) is 15.2. The Bertz CT molecular complexity index is 1080. The minimum atomic E-state index is -5.08. The molecule has 0 radical (unpaired) electrons. The number of hydrogen-bond acceptors (Lipinski definition) is 3. The van der Waals surface area contributed by atoms with Crippen molar-refractivity contribution in [3.63, 3.8) is 0 Å². The smallest absolute Gasteiger partial charge is 0.475 e. The molecule has 5 rings (SSSR count). The second kappa shape index (κ2) is 8.86. The SMILES string of the molecule is CN1C2CCC1CC(Nc1cccc(-c3cccc4[nH]ccc34)c1)C2.O=C(O)C(F)(F)F. The molecule has 3 aromatic rings. The molecule has 8 heteroatoms. The Labute approximate surface area is 184 Å². The zero-order chi connectivity index (χ0) is 22.9. The van der Waals surface area contributed by atoms with E-state index in [4.69, 9.17) is 9.90 Å². The number of hydrogen-bond donors (Lipinski definition) is 3. The maximum Gasteiger partial charge on any atom is 0.490 e. The third kappa shape index (κ3) is 4.75. The lowest BCUT2D eigenvalue weighted by Crippen LogP contribution is -2.44. The lowest BCUT2D eigenvalue weighted by molar-refractivity contribution is -0.192. The fraction of sp³-hybridized carbons (Fsp3) is 0.375. The van der Waals surface area contributed by atoms with Gasteiger partial charge in [-0.1, -0.05) is 24.3 Å². The van der Waals surface area contributed by atoms with Crippen LogP contribution in [0.2, 0.25) is 0 Å². The van der Waals surface area contributed by atoms with Crippen molar-refractivity contribution in [3.8, 4) is 11.1 Å².